The van der Waals surface area contributed by atoms with Gasteiger partial charge in [-0.2, -0.15) is 0 Å². The van der Waals surface area contributed by atoms with Gasteiger partial charge < -0.3 is 20.1 Å². The maximum atomic E-state index is 9.25. The van der Waals surface area contributed by atoms with Gasteiger partial charge in [0, 0.05) is 6.54 Å². The maximum Gasteiger partial charge on any atom is 0.262 e. The van der Waals surface area contributed by atoms with Crippen LogP contribution >= 0.6 is 12.4 Å². The third-order valence-electron chi connectivity index (χ3n) is 1.78. The fourth-order valence-electron chi connectivity index (χ4n) is 1.16. The average molecular weight is 231 g/mol. The summed E-state index contributed by atoms with van der Waals surface area (Å²) in [4.78, 5) is 0. The van der Waals surface area contributed by atoms with Crippen LogP contribution in [0.15, 0.2) is 22.7 Å². The summed E-state index contributed by atoms with van der Waals surface area (Å²) < 4.78 is 10.2. The van der Waals surface area contributed by atoms with Gasteiger partial charge in [0.15, 0.2) is 5.58 Å². The Labute approximate surface area is 92.2 Å². The Bertz CT molecular complexity index is 444. The van der Waals surface area contributed by atoms with Gasteiger partial charge in [0.1, 0.15) is 12.4 Å². The van der Waals surface area contributed by atoms with Crippen LogP contribution in [0.4, 0.5) is 0 Å². The fourth-order valence-corrected chi connectivity index (χ4v) is 1.16. The predicted molar refractivity (Wildman–Crippen MR) is 57.5 cm³/mol. The molecule has 15 heavy (non-hydrogen) atoms. The second-order valence-corrected chi connectivity index (χ2v) is 2.81. The van der Waals surface area contributed by atoms with E-state index in [0.717, 1.165) is 0 Å². The van der Waals surface area contributed by atoms with Crippen LogP contribution in [-0.2, 0) is 0 Å². The number of rotatable bonds is 3. The van der Waals surface area contributed by atoms with Crippen molar-refractivity contribution in [1.29, 1.82) is 0 Å². The van der Waals surface area contributed by atoms with Crippen molar-refractivity contribution in [3.05, 3.63) is 18.2 Å². The minimum absolute atomic E-state index is 0. The minimum atomic E-state index is 0. The number of aromatic hydroxyl groups is 1. The second-order valence-electron chi connectivity index (χ2n) is 2.81. The first-order valence-corrected chi connectivity index (χ1v) is 4.22. The molecule has 0 amide bonds. The van der Waals surface area contributed by atoms with Crippen LogP contribution in [-0.4, -0.2) is 23.4 Å². The van der Waals surface area contributed by atoms with Crippen molar-refractivity contribution in [2.75, 3.05) is 13.2 Å². The van der Waals surface area contributed by atoms with E-state index in [4.69, 9.17) is 15.0 Å². The molecule has 1 aromatic carbocycles. The van der Waals surface area contributed by atoms with E-state index < -0.39 is 0 Å². The maximum absolute atomic E-state index is 9.25. The van der Waals surface area contributed by atoms with Gasteiger partial charge in [-0.3, -0.25) is 0 Å². The first-order valence-electron chi connectivity index (χ1n) is 4.22. The van der Waals surface area contributed by atoms with Crippen molar-refractivity contribution in [2.24, 2.45) is 5.73 Å². The van der Waals surface area contributed by atoms with Crippen molar-refractivity contribution in [2.45, 2.75) is 0 Å². The number of halogens is 1. The molecule has 2 aromatic rings. The highest BCUT2D eigenvalue weighted by atomic mass is 35.5. The molecule has 0 saturated heterocycles. The van der Waals surface area contributed by atoms with Crippen LogP contribution in [0.5, 0.6) is 11.6 Å². The van der Waals surface area contributed by atoms with Crippen molar-refractivity contribution < 1.29 is 14.4 Å². The van der Waals surface area contributed by atoms with Gasteiger partial charge in [0.05, 0.1) is 5.39 Å². The Morgan fingerprint density at radius 3 is 3.00 bits per heavy atom. The van der Waals surface area contributed by atoms with Crippen LogP contribution in [0.1, 0.15) is 0 Å². The highest BCUT2D eigenvalue weighted by Gasteiger charge is 2.09. The van der Waals surface area contributed by atoms with Gasteiger partial charge >= 0.3 is 0 Å². The largest absolute Gasteiger partial charge is 0.508 e. The van der Waals surface area contributed by atoms with Crippen LogP contribution in [0.3, 0.4) is 0 Å². The minimum Gasteiger partial charge on any atom is -0.508 e. The molecule has 1 aromatic heterocycles. The molecule has 0 aliphatic heterocycles. The Morgan fingerprint density at radius 1 is 1.47 bits per heavy atom. The van der Waals surface area contributed by atoms with E-state index in [-0.39, 0.29) is 18.2 Å². The number of nitrogens with zero attached hydrogens (tertiary/aromatic N) is 1. The Kier molecular flexibility index (Phi) is 3.76. The van der Waals surface area contributed by atoms with Crippen LogP contribution in [0.25, 0.3) is 11.0 Å². The Balaban J connectivity index is 0.00000112. The second kappa shape index (κ2) is 4.86. The first kappa shape index (κ1) is 11.6. The molecule has 0 aliphatic carbocycles. The quantitative estimate of drug-likeness (QED) is 0.831. The zero-order chi connectivity index (χ0) is 9.97. The van der Waals surface area contributed by atoms with Crippen molar-refractivity contribution in [3.63, 3.8) is 0 Å². The number of nitrogens with two attached hydrogens (primary N) is 1. The zero-order valence-corrected chi connectivity index (χ0v) is 8.66. The summed E-state index contributed by atoms with van der Waals surface area (Å²) in [6.45, 7) is 0.782. The SMILES string of the molecule is Cl.NCCOc1noc2ccc(O)cc12. The zero-order valence-electron chi connectivity index (χ0n) is 7.84. The lowest BCUT2D eigenvalue weighted by Gasteiger charge is -1.98. The van der Waals surface area contributed by atoms with Crippen LogP contribution in [0, 0.1) is 0 Å². The third-order valence-corrected chi connectivity index (χ3v) is 1.78. The molecule has 0 radical (unpaired) electrons. The standard InChI is InChI=1S/C9H10N2O3.ClH/c10-3-4-13-9-7-5-6(12)1-2-8(7)14-11-9;/h1-2,5,12H,3-4,10H2;1H. The topological polar surface area (TPSA) is 81.5 Å². The van der Waals surface area contributed by atoms with Crippen LogP contribution < -0.4 is 10.5 Å². The van der Waals surface area contributed by atoms with Crippen molar-refractivity contribution in [3.8, 4) is 11.6 Å². The van der Waals surface area contributed by atoms with E-state index >= 15 is 0 Å². The number of phenolic OH excluding ortho intramolecular Hbond substituents is 1. The highest BCUT2D eigenvalue weighted by Crippen LogP contribution is 2.27. The lowest BCUT2D eigenvalue weighted by atomic mass is 10.2. The molecule has 1 heterocycles. The summed E-state index contributed by atoms with van der Waals surface area (Å²) in [6, 6.07) is 4.70. The number of fused-ring (bicyclic) bond motifs is 1. The molecule has 0 spiro atoms. The van der Waals surface area contributed by atoms with Crippen LogP contribution in [0.2, 0.25) is 0 Å². The number of ether oxygens (including phenoxy) is 1. The highest BCUT2D eigenvalue weighted by molar-refractivity contribution is 5.85. The molecule has 0 unspecified atom stereocenters. The number of aromatic nitrogens is 1. The van der Waals surface area contributed by atoms with Gasteiger partial charge in [-0.1, -0.05) is 0 Å². The molecule has 0 bridgehead atoms. The molecule has 2 rings (SSSR count). The van der Waals surface area contributed by atoms with Gasteiger partial charge in [0.25, 0.3) is 5.88 Å². The van der Waals surface area contributed by atoms with Gasteiger partial charge in [-0.15, -0.1) is 12.4 Å². The molecule has 5 nitrogen and oxygen atoms in total. The Morgan fingerprint density at radius 2 is 2.27 bits per heavy atom. The Hall–Kier alpha value is -1.46. The molecule has 0 saturated carbocycles. The summed E-state index contributed by atoms with van der Waals surface area (Å²) in [5, 5.41) is 13.6. The summed E-state index contributed by atoms with van der Waals surface area (Å²) >= 11 is 0. The van der Waals surface area contributed by atoms with Gasteiger partial charge in [0.2, 0.25) is 0 Å². The number of hydrogen-bond acceptors (Lipinski definition) is 5. The summed E-state index contributed by atoms with van der Waals surface area (Å²) in [6.07, 6.45) is 0. The van der Waals surface area contributed by atoms with E-state index in [0.29, 0.717) is 30.0 Å². The first-order chi connectivity index (χ1) is 6.81. The summed E-state index contributed by atoms with van der Waals surface area (Å²) in [5.74, 6) is 0.514. The molecule has 6 heteroatoms. The smallest absolute Gasteiger partial charge is 0.262 e. The molecular weight excluding hydrogens is 220 g/mol. The average Bonchev–Trinajstić information content (AvgIpc) is 2.57. The lowest BCUT2D eigenvalue weighted by molar-refractivity contribution is 0.293. The third kappa shape index (κ3) is 2.31. The van der Waals surface area contributed by atoms with Gasteiger partial charge in [-0.05, 0) is 23.4 Å². The lowest BCUT2D eigenvalue weighted by Crippen LogP contribution is -2.10. The van der Waals surface area contributed by atoms with E-state index in [1.54, 1.807) is 6.07 Å². The molecular formula is C9H11ClN2O3. The number of benzene rings is 1. The van der Waals surface area contributed by atoms with E-state index in [1.807, 2.05) is 0 Å². The van der Waals surface area contributed by atoms with E-state index in [9.17, 15) is 5.11 Å². The molecule has 0 aliphatic rings. The van der Waals surface area contributed by atoms with Gasteiger partial charge in [-0.25, -0.2) is 0 Å². The fraction of sp³-hybridized carbons (Fsp3) is 0.222. The predicted octanol–water partition coefficient (Wildman–Crippen LogP) is 1.29. The van der Waals surface area contributed by atoms with Crippen molar-refractivity contribution in [1.82, 2.24) is 5.16 Å². The monoisotopic (exact) mass is 230 g/mol. The van der Waals surface area contributed by atoms with Crippen molar-refractivity contribution >= 4 is 23.4 Å². The molecule has 82 valence electrons. The van der Waals surface area contributed by atoms with E-state index in [1.165, 1.54) is 12.1 Å². The molecule has 0 atom stereocenters. The summed E-state index contributed by atoms with van der Waals surface area (Å²) in [7, 11) is 0. The van der Waals surface area contributed by atoms with E-state index in [2.05, 4.69) is 5.16 Å². The normalized spacial score (nSPS) is 9.93. The number of phenols is 1. The molecule has 0 fully saturated rings. The number of hydrogen-bond donors (Lipinski definition) is 2. The summed E-state index contributed by atoms with van der Waals surface area (Å²) in [5.41, 5.74) is 5.86. The molecule has 3 N–H and O–H groups in total.